The zero-order valence-corrected chi connectivity index (χ0v) is 11.7. The van der Waals surface area contributed by atoms with E-state index in [0.717, 1.165) is 50.6 Å². The molecular formula is C15H21F2NO2. The van der Waals surface area contributed by atoms with E-state index < -0.39 is 11.6 Å². The molecule has 2 rings (SSSR count). The number of hydrogen-bond acceptors (Lipinski definition) is 3. The van der Waals surface area contributed by atoms with Crippen molar-refractivity contribution >= 4 is 0 Å². The Bertz CT molecular complexity index is 428. The molecule has 1 aromatic rings. The van der Waals surface area contributed by atoms with Gasteiger partial charge in [-0.15, -0.1) is 0 Å². The fraction of sp³-hybridized carbons (Fsp3) is 0.600. The molecular weight excluding hydrogens is 264 g/mol. The molecule has 5 heteroatoms. The quantitative estimate of drug-likeness (QED) is 0.781. The smallest absolute Gasteiger partial charge is 0.165 e. The second-order valence-corrected chi connectivity index (χ2v) is 5.05. The maximum atomic E-state index is 13.4. The van der Waals surface area contributed by atoms with Crippen molar-refractivity contribution in [2.45, 2.75) is 38.4 Å². The Morgan fingerprint density at radius 1 is 1.30 bits per heavy atom. The summed E-state index contributed by atoms with van der Waals surface area (Å²) in [5.41, 5.74) is 0. The fourth-order valence-corrected chi connectivity index (χ4v) is 2.26. The number of halogens is 2. The van der Waals surface area contributed by atoms with Gasteiger partial charge >= 0.3 is 0 Å². The van der Waals surface area contributed by atoms with Crippen molar-refractivity contribution in [1.82, 2.24) is 5.32 Å². The maximum Gasteiger partial charge on any atom is 0.165 e. The first-order valence-electron chi connectivity index (χ1n) is 7.13. The van der Waals surface area contributed by atoms with Gasteiger partial charge in [-0.25, -0.2) is 8.78 Å². The summed E-state index contributed by atoms with van der Waals surface area (Å²) in [6.45, 7) is 4.19. The van der Waals surface area contributed by atoms with Gasteiger partial charge in [0.05, 0.1) is 12.2 Å². The Hall–Kier alpha value is -1.20. The van der Waals surface area contributed by atoms with Crippen molar-refractivity contribution in [3.05, 3.63) is 29.8 Å². The lowest BCUT2D eigenvalue weighted by molar-refractivity contribution is 0.0178. The molecule has 20 heavy (non-hydrogen) atoms. The van der Waals surface area contributed by atoms with Gasteiger partial charge in [-0.1, -0.05) is 6.92 Å². The lowest BCUT2D eigenvalue weighted by Crippen LogP contribution is -2.28. The zero-order valence-electron chi connectivity index (χ0n) is 11.7. The van der Waals surface area contributed by atoms with Crippen molar-refractivity contribution < 1.29 is 18.3 Å². The SMILES string of the molecule is CCCNCC1CCC(COc2cc(F)ccc2F)O1. The van der Waals surface area contributed by atoms with Crippen molar-refractivity contribution in [3.63, 3.8) is 0 Å². The van der Waals surface area contributed by atoms with Crippen LogP contribution in [0.4, 0.5) is 8.78 Å². The van der Waals surface area contributed by atoms with Crippen molar-refractivity contribution in [3.8, 4) is 5.75 Å². The maximum absolute atomic E-state index is 13.4. The summed E-state index contributed by atoms with van der Waals surface area (Å²) in [4.78, 5) is 0. The molecule has 2 unspecified atom stereocenters. The number of nitrogens with one attached hydrogen (secondary N) is 1. The standard InChI is InChI=1S/C15H21F2NO2/c1-2-7-18-9-12-4-5-13(20-12)10-19-15-8-11(16)3-6-14(15)17/h3,6,8,12-13,18H,2,4-5,7,9-10H2,1H3. The highest BCUT2D eigenvalue weighted by Gasteiger charge is 2.25. The Morgan fingerprint density at radius 3 is 2.90 bits per heavy atom. The van der Waals surface area contributed by atoms with Crippen LogP contribution in [0.5, 0.6) is 5.75 Å². The second kappa shape index (κ2) is 7.55. The molecule has 1 N–H and O–H groups in total. The summed E-state index contributed by atoms with van der Waals surface area (Å²) in [5, 5.41) is 3.31. The summed E-state index contributed by atoms with van der Waals surface area (Å²) in [5.74, 6) is -1.11. The molecule has 1 aromatic carbocycles. The first kappa shape index (κ1) is 15.2. The van der Waals surface area contributed by atoms with Crippen LogP contribution in [0, 0.1) is 11.6 Å². The molecule has 0 amide bonds. The van der Waals surface area contributed by atoms with Gasteiger partial charge in [0, 0.05) is 12.6 Å². The van der Waals surface area contributed by atoms with Crippen LogP contribution in [0.2, 0.25) is 0 Å². The van der Waals surface area contributed by atoms with Crippen LogP contribution >= 0.6 is 0 Å². The van der Waals surface area contributed by atoms with E-state index in [4.69, 9.17) is 9.47 Å². The lowest BCUT2D eigenvalue weighted by atomic mass is 10.2. The van der Waals surface area contributed by atoms with Crippen LogP contribution in [0.25, 0.3) is 0 Å². The first-order valence-corrected chi connectivity index (χ1v) is 7.13. The molecule has 0 spiro atoms. The molecule has 1 fully saturated rings. The molecule has 0 radical (unpaired) electrons. The van der Waals surface area contributed by atoms with Gasteiger partial charge in [0.1, 0.15) is 12.4 Å². The third kappa shape index (κ3) is 4.42. The highest BCUT2D eigenvalue weighted by atomic mass is 19.1. The highest BCUT2D eigenvalue weighted by Crippen LogP contribution is 2.22. The van der Waals surface area contributed by atoms with E-state index in [9.17, 15) is 8.78 Å². The van der Waals surface area contributed by atoms with Gasteiger partial charge in [0.2, 0.25) is 0 Å². The first-order chi connectivity index (χ1) is 9.69. The summed E-state index contributed by atoms with van der Waals surface area (Å²) >= 11 is 0. The molecule has 1 aliphatic heterocycles. The fourth-order valence-electron chi connectivity index (χ4n) is 2.26. The number of benzene rings is 1. The number of ether oxygens (including phenoxy) is 2. The van der Waals surface area contributed by atoms with E-state index in [2.05, 4.69) is 12.2 Å². The Balaban J connectivity index is 1.74. The molecule has 1 heterocycles. The van der Waals surface area contributed by atoms with E-state index in [1.54, 1.807) is 0 Å². The summed E-state index contributed by atoms with van der Waals surface area (Å²) in [6.07, 6.45) is 3.09. The minimum Gasteiger partial charge on any atom is -0.488 e. The zero-order chi connectivity index (χ0) is 14.4. The molecule has 1 saturated heterocycles. The number of rotatable bonds is 7. The normalized spacial score (nSPS) is 22.1. The van der Waals surface area contributed by atoms with Crippen LogP contribution < -0.4 is 10.1 Å². The van der Waals surface area contributed by atoms with Gasteiger partial charge < -0.3 is 14.8 Å². The molecule has 0 aromatic heterocycles. The highest BCUT2D eigenvalue weighted by molar-refractivity contribution is 5.24. The molecule has 1 aliphatic rings. The number of hydrogen-bond donors (Lipinski definition) is 1. The molecule has 112 valence electrons. The largest absolute Gasteiger partial charge is 0.488 e. The van der Waals surface area contributed by atoms with Crippen LogP contribution in [-0.4, -0.2) is 31.9 Å². The van der Waals surface area contributed by atoms with E-state index in [1.807, 2.05) is 0 Å². The molecule has 3 nitrogen and oxygen atoms in total. The third-order valence-electron chi connectivity index (χ3n) is 3.31. The van der Waals surface area contributed by atoms with E-state index in [0.29, 0.717) is 0 Å². The van der Waals surface area contributed by atoms with Crippen LogP contribution in [0.3, 0.4) is 0 Å². The van der Waals surface area contributed by atoms with Gasteiger partial charge in [-0.05, 0) is 37.9 Å². The minimum absolute atomic E-state index is 0.0499. The Labute approximate surface area is 118 Å². The average Bonchev–Trinajstić information content (AvgIpc) is 2.88. The van der Waals surface area contributed by atoms with Gasteiger partial charge in [-0.2, -0.15) is 0 Å². The Morgan fingerprint density at radius 2 is 2.10 bits per heavy atom. The molecule has 2 atom stereocenters. The summed E-state index contributed by atoms with van der Waals surface area (Å²) < 4.78 is 37.5. The van der Waals surface area contributed by atoms with Crippen molar-refractivity contribution in [1.29, 1.82) is 0 Å². The second-order valence-electron chi connectivity index (χ2n) is 5.05. The third-order valence-corrected chi connectivity index (χ3v) is 3.31. The summed E-state index contributed by atoms with van der Waals surface area (Å²) in [7, 11) is 0. The van der Waals surface area contributed by atoms with E-state index in [1.165, 1.54) is 0 Å². The van der Waals surface area contributed by atoms with Gasteiger partial charge in [-0.3, -0.25) is 0 Å². The predicted molar refractivity (Wildman–Crippen MR) is 72.9 cm³/mol. The molecule has 0 saturated carbocycles. The minimum atomic E-state index is -0.550. The monoisotopic (exact) mass is 285 g/mol. The van der Waals surface area contributed by atoms with Crippen LogP contribution in [0.15, 0.2) is 18.2 Å². The lowest BCUT2D eigenvalue weighted by Gasteiger charge is -2.15. The topological polar surface area (TPSA) is 30.5 Å². The molecule has 0 aliphatic carbocycles. The predicted octanol–water partition coefficient (Wildman–Crippen LogP) is 2.89. The van der Waals surface area contributed by atoms with Gasteiger partial charge in [0.25, 0.3) is 0 Å². The average molecular weight is 285 g/mol. The Kier molecular flexibility index (Phi) is 5.73. The van der Waals surface area contributed by atoms with Crippen molar-refractivity contribution in [2.75, 3.05) is 19.7 Å². The molecule has 0 bridgehead atoms. The van der Waals surface area contributed by atoms with Crippen molar-refractivity contribution in [2.24, 2.45) is 0 Å². The van der Waals surface area contributed by atoms with E-state index >= 15 is 0 Å². The van der Waals surface area contributed by atoms with E-state index in [-0.39, 0.29) is 24.6 Å². The van der Waals surface area contributed by atoms with Crippen LogP contribution in [0.1, 0.15) is 26.2 Å². The van der Waals surface area contributed by atoms with Crippen LogP contribution in [-0.2, 0) is 4.74 Å². The summed E-state index contributed by atoms with van der Waals surface area (Å²) in [6, 6.07) is 3.20. The van der Waals surface area contributed by atoms with Gasteiger partial charge in [0.15, 0.2) is 11.6 Å².